The highest BCUT2D eigenvalue weighted by molar-refractivity contribution is 7.99. The third-order valence-corrected chi connectivity index (χ3v) is 4.00. The first-order valence-electron chi connectivity index (χ1n) is 4.78. The lowest BCUT2D eigenvalue weighted by Crippen LogP contribution is -2.36. The van der Waals surface area contributed by atoms with Crippen molar-refractivity contribution in [2.45, 2.75) is 18.9 Å². The van der Waals surface area contributed by atoms with Crippen LogP contribution >= 0.6 is 11.8 Å². The molecule has 0 bridgehead atoms. The zero-order valence-corrected chi connectivity index (χ0v) is 8.63. The minimum atomic E-state index is -0.841. The molecule has 2 saturated heterocycles. The van der Waals surface area contributed by atoms with E-state index in [-0.39, 0.29) is 18.4 Å². The van der Waals surface area contributed by atoms with E-state index < -0.39 is 11.9 Å². The number of hydrogen-bond acceptors (Lipinski definition) is 3. The molecule has 14 heavy (non-hydrogen) atoms. The van der Waals surface area contributed by atoms with Crippen molar-refractivity contribution in [3.05, 3.63) is 0 Å². The van der Waals surface area contributed by atoms with E-state index in [1.807, 2.05) is 11.8 Å². The fourth-order valence-electron chi connectivity index (χ4n) is 2.02. The maximum absolute atomic E-state index is 11.5. The van der Waals surface area contributed by atoms with Crippen LogP contribution in [0.2, 0.25) is 0 Å². The quantitative estimate of drug-likeness (QED) is 0.725. The molecule has 0 saturated carbocycles. The van der Waals surface area contributed by atoms with Gasteiger partial charge in [-0.05, 0) is 12.2 Å². The number of nitrogens with zero attached hydrogens (tertiary/aromatic N) is 1. The normalized spacial score (nSPS) is 32.6. The van der Waals surface area contributed by atoms with Crippen LogP contribution in [0.1, 0.15) is 12.8 Å². The summed E-state index contributed by atoms with van der Waals surface area (Å²) in [5.74, 6) is 0.758. The largest absolute Gasteiger partial charge is 0.481 e. The van der Waals surface area contributed by atoms with Crippen LogP contribution in [-0.4, -0.2) is 46.0 Å². The third kappa shape index (κ3) is 1.73. The van der Waals surface area contributed by atoms with E-state index in [1.54, 1.807) is 4.90 Å². The maximum atomic E-state index is 11.5. The molecule has 1 N–H and O–H groups in total. The summed E-state index contributed by atoms with van der Waals surface area (Å²) in [7, 11) is 0. The Morgan fingerprint density at radius 1 is 1.57 bits per heavy atom. The average Bonchev–Trinajstić information content (AvgIpc) is 2.71. The van der Waals surface area contributed by atoms with E-state index in [4.69, 9.17) is 5.11 Å². The van der Waals surface area contributed by atoms with Crippen LogP contribution in [0, 0.1) is 5.92 Å². The molecule has 2 fully saturated rings. The minimum Gasteiger partial charge on any atom is -0.481 e. The van der Waals surface area contributed by atoms with Gasteiger partial charge in [0.25, 0.3) is 0 Å². The van der Waals surface area contributed by atoms with Crippen molar-refractivity contribution in [1.29, 1.82) is 0 Å². The Labute approximate surface area is 86.6 Å². The SMILES string of the molecule is O=C(O)C1CC(=O)N(C2CCSC2)C1. The molecule has 2 aliphatic rings. The van der Waals surface area contributed by atoms with Crippen molar-refractivity contribution in [3.63, 3.8) is 0 Å². The predicted octanol–water partition coefficient (Wildman–Crippen LogP) is 0.425. The van der Waals surface area contributed by atoms with Crippen LogP contribution in [0.25, 0.3) is 0 Å². The first kappa shape index (κ1) is 9.83. The standard InChI is InChI=1S/C9H13NO3S/c11-8-3-6(9(12)13)4-10(8)7-1-2-14-5-7/h6-7H,1-5H2,(H,12,13). The predicted molar refractivity (Wildman–Crippen MR) is 53.2 cm³/mol. The lowest BCUT2D eigenvalue weighted by molar-refractivity contribution is -0.141. The number of carbonyl (C=O) groups is 2. The lowest BCUT2D eigenvalue weighted by atomic mass is 10.1. The zero-order chi connectivity index (χ0) is 10.1. The molecule has 2 unspecified atom stereocenters. The van der Waals surface area contributed by atoms with Gasteiger partial charge in [-0.1, -0.05) is 0 Å². The van der Waals surface area contributed by atoms with Crippen molar-refractivity contribution >= 4 is 23.6 Å². The number of likely N-dealkylation sites (tertiary alicyclic amines) is 1. The molecule has 4 nitrogen and oxygen atoms in total. The Kier molecular flexibility index (Phi) is 2.67. The maximum Gasteiger partial charge on any atom is 0.308 e. The fourth-order valence-corrected chi connectivity index (χ4v) is 3.24. The molecule has 0 radical (unpaired) electrons. The lowest BCUT2D eigenvalue weighted by Gasteiger charge is -2.22. The number of aliphatic carboxylic acids is 1. The van der Waals surface area contributed by atoms with Gasteiger partial charge >= 0.3 is 5.97 Å². The highest BCUT2D eigenvalue weighted by atomic mass is 32.2. The summed E-state index contributed by atoms with van der Waals surface area (Å²) in [5, 5.41) is 8.81. The molecule has 5 heteroatoms. The molecule has 0 spiro atoms. The first-order chi connectivity index (χ1) is 6.68. The summed E-state index contributed by atoms with van der Waals surface area (Å²) in [6.45, 7) is 0.416. The molecule has 2 rings (SSSR count). The Morgan fingerprint density at radius 2 is 2.36 bits per heavy atom. The van der Waals surface area contributed by atoms with E-state index in [0.29, 0.717) is 6.54 Å². The smallest absolute Gasteiger partial charge is 0.308 e. The van der Waals surface area contributed by atoms with Crippen LogP contribution < -0.4 is 0 Å². The highest BCUT2D eigenvalue weighted by Gasteiger charge is 2.38. The summed E-state index contributed by atoms with van der Waals surface area (Å²) in [6.07, 6.45) is 1.21. The van der Waals surface area contributed by atoms with E-state index in [1.165, 1.54) is 0 Å². The van der Waals surface area contributed by atoms with Crippen LogP contribution in [0.3, 0.4) is 0 Å². The van der Waals surface area contributed by atoms with E-state index in [9.17, 15) is 9.59 Å². The molecule has 0 aromatic heterocycles. The molecule has 0 aliphatic carbocycles. The van der Waals surface area contributed by atoms with Gasteiger partial charge in [-0.3, -0.25) is 9.59 Å². The van der Waals surface area contributed by atoms with Crippen molar-refractivity contribution in [2.24, 2.45) is 5.92 Å². The fraction of sp³-hybridized carbons (Fsp3) is 0.778. The molecule has 78 valence electrons. The molecular formula is C9H13NO3S. The first-order valence-corrected chi connectivity index (χ1v) is 5.94. The average molecular weight is 215 g/mol. The molecule has 2 atom stereocenters. The van der Waals surface area contributed by atoms with E-state index in [2.05, 4.69) is 0 Å². The van der Waals surface area contributed by atoms with Gasteiger partial charge in [0.15, 0.2) is 0 Å². The summed E-state index contributed by atoms with van der Waals surface area (Å²) in [5.41, 5.74) is 0. The number of carboxylic acids is 1. The van der Waals surface area contributed by atoms with Gasteiger partial charge in [0.1, 0.15) is 0 Å². The molecule has 1 amide bonds. The van der Waals surface area contributed by atoms with Gasteiger partial charge < -0.3 is 10.0 Å². The molecule has 2 aliphatic heterocycles. The van der Waals surface area contributed by atoms with Crippen molar-refractivity contribution in [3.8, 4) is 0 Å². The Morgan fingerprint density at radius 3 is 2.86 bits per heavy atom. The van der Waals surface area contributed by atoms with Crippen molar-refractivity contribution in [2.75, 3.05) is 18.1 Å². The summed E-state index contributed by atoms with van der Waals surface area (Å²) in [4.78, 5) is 24.0. The number of rotatable bonds is 2. The van der Waals surface area contributed by atoms with E-state index >= 15 is 0 Å². The number of thioether (sulfide) groups is 1. The molecular weight excluding hydrogens is 202 g/mol. The zero-order valence-electron chi connectivity index (χ0n) is 7.81. The van der Waals surface area contributed by atoms with E-state index in [0.717, 1.165) is 17.9 Å². The van der Waals surface area contributed by atoms with Gasteiger partial charge in [-0.25, -0.2) is 0 Å². The highest BCUT2D eigenvalue weighted by Crippen LogP contribution is 2.28. The van der Waals surface area contributed by atoms with Crippen molar-refractivity contribution in [1.82, 2.24) is 4.90 Å². The Bertz CT molecular complexity index is 263. The number of carboxylic acid groups (broad SMARTS) is 1. The molecule has 0 aromatic rings. The second-order valence-corrected chi connectivity index (χ2v) is 4.95. The van der Waals surface area contributed by atoms with Gasteiger partial charge in [-0.15, -0.1) is 0 Å². The third-order valence-electron chi connectivity index (χ3n) is 2.85. The topological polar surface area (TPSA) is 57.6 Å². The number of hydrogen-bond donors (Lipinski definition) is 1. The molecule has 0 aromatic carbocycles. The summed E-state index contributed by atoms with van der Waals surface area (Å²) >= 11 is 1.84. The summed E-state index contributed by atoms with van der Waals surface area (Å²) < 4.78 is 0. The minimum absolute atomic E-state index is 0.0184. The van der Waals surface area contributed by atoms with Gasteiger partial charge in [0, 0.05) is 24.8 Å². The summed E-state index contributed by atoms with van der Waals surface area (Å²) in [6, 6.07) is 0.289. The van der Waals surface area contributed by atoms with Crippen LogP contribution in [0.15, 0.2) is 0 Å². The van der Waals surface area contributed by atoms with Gasteiger partial charge in [0.2, 0.25) is 5.91 Å². The van der Waals surface area contributed by atoms with Crippen LogP contribution in [0.4, 0.5) is 0 Å². The molecule has 2 heterocycles. The van der Waals surface area contributed by atoms with Gasteiger partial charge in [-0.2, -0.15) is 11.8 Å². The van der Waals surface area contributed by atoms with Gasteiger partial charge in [0.05, 0.1) is 5.92 Å². The second-order valence-electron chi connectivity index (χ2n) is 3.80. The van der Waals surface area contributed by atoms with Crippen LogP contribution in [-0.2, 0) is 9.59 Å². The number of amides is 1. The second kappa shape index (κ2) is 3.81. The monoisotopic (exact) mass is 215 g/mol. The Balaban J connectivity index is 2.00. The van der Waals surface area contributed by atoms with Crippen LogP contribution in [0.5, 0.6) is 0 Å². The Hall–Kier alpha value is -0.710. The number of carbonyl (C=O) groups excluding carboxylic acids is 1. The van der Waals surface area contributed by atoms with Crippen molar-refractivity contribution < 1.29 is 14.7 Å².